The van der Waals surface area contributed by atoms with Gasteiger partial charge in [-0.1, -0.05) is 65.7 Å². The Labute approximate surface area is 264 Å². The van der Waals surface area contributed by atoms with Crippen LogP contribution in [0.25, 0.3) is 6.08 Å². The number of carbonyl (C=O) groups is 2. The number of carboxylic acids is 1. The SMILES string of the molecule is O=C(O)c1ccc(CN2C(=O)/C(=C/c3ccc(OCc4ccc(Cl)cc4Cl)c(I)c3)SC2=Nc2ccccc2)cc1. The number of carboxylic acid groups (broad SMARTS) is 1. The van der Waals surface area contributed by atoms with Crippen LogP contribution in [0.5, 0.6) is 5.75 Å². The molecule has 41 heavy (non-hydrogen) atoms. The lowest BCUT2D eigenvalue weighted by atomic mass is 10.1. The van der Waals surface area contributed by atoms with E-state index in [0.717, 1.165) is 25.9 Å². The number of rotatable bonds is 8. The van der Waals surface area contributed by atoms with Gasteiger partial charge in [-0.25, -0.2) is 9.79 Å². The summed E-state index contributed by atoms with van der Waals surface area (Å²) in [7, 11) is 0. The summed E-state index contributed by atoms with van der Waals surface area (Å²) in [4.78, 5) is 31.7. The number of ether oxygens (including phenoxy) is 1. The van der Waals surface area contributed by atoms with Crippen molar-refractivity contribution in [1.29, 1.82) is 0 Å². The van der Waals surface area contributed by atoms with E-state index in [1.807, 2.05) is 60.7 Å². The molecule has 1 aliphatic rings. The quantitative estimate of drug-likeness (QED) is 0.146. The summed E-state index contributed by atoms with van der Waals surface area (Å²) in [5.41, 5.74) is 3.38. The van der Waals surface area contributed by atoms with Crippen LogP contribution in [0, 0.1) is 3.57 Å². The van der Waals surface area contributed by atoms with Crippen LogP contribution < -0.4 is 4.74 Å². The van der Waals surface area contributed by atoms with Gasteiger partial charge in [0.15, 0.2) is 5.17 Å². The molecular formula is C31H21Cl2IN2O4S. The number of hydrogen-bond donors (Lipinski definition) is 1. The van der Waals surface area contributed by atoms with Gasteiger partial charge in [0, 0.05) is 15.6 Å². The first-order valence-corrected chi connectivity index (χ1v) is 15.0. The standard InChI is InChI=1S/C31H21Cl2IN2O4S/c32-23-12-11-22(25(33)16-23)18-40-27-13-8-20(14-26(27)34)15-28-29(37)36(17-19-6-9-21(10-7-19)30(38)39)31(41-28)35-24-4-2-1-3-5-24/h1-16H,17-18H2,(H,38,39)/b28-15-,35-31?. The molecule has 1 amide bonds. The van der Waals surface area contributed by atoms with Crippen LogP contribution in [0.3, 0.4) is 0 Å². The first kappa shape index (κ1) is 29.2. The van der Waals surface area contributed by atoms with Crippen LogP contribution >= 0.6 is 57.6 Å². The molecule has 0 radical (unpaired) electrons. The molecule has 1 N–H and O–H groups in total. The van der Waals surface area contributed by atoms with Crippen molar-refractivity contribution in [2.45, 2.75) is 13.2 Å². The molecule has 1 fully saturated rings. The van der Waals surface area contributed by atoms with Crippen LogP contribution in [-0.2, 0) is 17.9 Å². The molecule has 4 aromatic rings. The molecule has 0 aromatic heterocycles. The lowest BCUT2D eigenvalue weighted by Crippen LogP contribution is -2.28. The van der Waals surface area contributed by atoms with Crippen molar-refractivity contribution in [1.82, 2.24) is 4.90 Å². The second kappa shape index (κ2) is 13.1. The summed E-state index contributed by atoms with van der Waals surface area (Å²) in [6, 6.07) is 26.9. The fourth-order valence-electron chi connectivity index (χ4n) is 3.95. The zero-order chi connectivity index (χ0) is 28.9. The Morgan fingerprint density at radius 1 is 1.00 bits per heavy atom. The van der Waals surface area contributed by atoms with Gasteiger partial charge in [0.25, 0.3) is 5.91 Å². The lowest BCUT2D eigenvalue weighted by Gasteiger charge is -2.16. The molecule has 0 bridgehead atoms. The second-order valence-electron chi connectivity index (χ2n) is 8.95. The molecule has 206 valence electrons. The van der Waals surface area contributed by atoms with E-state index in [9.17, 15) is 14.7 Å². The Balaban J connectivity index is 1.37. The number of hydrogen-bond acceptors (Lipinski definition) is 5. The predicted molar refractivity (Wildman–Crippen MR) is 173 cm³/mol. The van der Waals surface area contributed by atoms with Gasteiger partial charge < -0.3 is 9.84 Å². The maximum absolute atomic E-state index is 13.6. The summed E-state index contributed by atoms with van der Waals surface area (Å²) >= 11 is 15.8. The molecule has 1 heterocycles. The van der Waals surface area contributed by atoms with Gasteiger partial charge >= 0.3 is 5.97 Å². The minimum Gasteiger partial charge on any atom is -0.488 e. The van der Waals surface area contributed by atoms with E-state index in [1.54, 1.807) is 29.2 Å². The predicted octanol–water partition coefficient (Wildman–Crippen LogP) is 8.68. The van der Waals surface area contributed by atoms with Crippen LogP contribution in [0.4, 0.5) is 5.69 Å². The van der Waals surface area contributed by atoms with Crippen molar-refractivity contribution in [2.75, 3.05) is 0 Å². The molecule has 0 aliphatic carbocycles. The highest BCUT2D eigenvalue weighted by Gasteiger charge is 2.33. The topological polar surface area (TPSA) is 79.2 Å². The van der Waals surface area contributed by atoms with Gasteiger partial charge in [-0.3, -0.25) is 9.69 Å². The summed E-state index contributed by atoms with van der Waals surface area (Å²) in [6.07, 6.45) is 1.84. The van der Waals surface area contributed by atoms with Gasteiger partial charge in [-0.15, -0.1) is 0 Å². The van der Waals surface area contributed by atoms with Gasteiger partial charge in [0.2, 0.25) is 0 Å². The molecule has 0 unspecified atom stereocenters. The number of para-hydroxylation sites is 1. The monoisotopic (exact) mass is 714 g/mol. The van der Waals surface area contributed by atoms with Crippen LogP contribution in [0.2, 0.25) is 10.0 Å². The summed E-state index contributed by atoms with van der Waals surface area (Å²) in [5.74, 6) is -0.484. The summed E-state index contributed by atoms with van der Waals surface area (Å²) < 4.78 is 6.87. The van der Waals surface area contributed by atoms with Crippen molar-refractivity contribution in [3.63, 3.8) is 0 Å². The first-order chi connectivity index (χ1) is 19.8. The summed E-state index contributed by atoms with van der Waals surface area (Å²) in [5, 5.41) is 10.9. The van der Waals surface area contributed by atoms with E-state index in [1.165, 1.54) is 23.9 Å². The van der Waals surface area contributed by atoms with E-state index >= 15 is 0 Å². The Bertz CT molecular complexity index is 1680. The largest absolute Gasteiger partial charge is 0.488 e. The van der Waals surface area contributed by atoms with Crippen molar-refractivity contribution >= 4 is 86.4 Å². The van der Waals surface area contributed by atoms with Crippen LogP contribution in [-0.4, -0.2) is 27.1 Å². The third-order valence-electron chi connectivity index (χ3n) is 6.06. The molecule has 0 atom stereocenters. The smallest absolute Gasteiger partial charge is 0.335 e. The van der Waals surface area contributed by atoms with Gasteiger partial charge in [-0.05, 0) is 100 Å². The lowest BCUT2D eigenvalue weighted by molar-refractivity contribution is -0.122. The van der Waals surface area contributed by atoms with Crippen LogP contribution in [0.1, 0.15) is 27.0 Å². The molecule has 0 spiro atoms. The fourth-order valence-corrected chi connectivity index (χ4v) is 6.10. The van der Waals surface area contributed by atoms with E-state index < -0.39 is 5.97 Å². The number of amides is 1. The third kappa shape index (κ3) is 7.32. The minimum absolute atomic E-state index is 0.181. The van der Waals surface area contributed by atoms with E-state index in [-0.39, 0.29) is 18.0 Å². The van der Waals surface area contributed by atoms with E-state index in [2.05, 4.69) is 22.6 Å². The van der Waals surface area contributed by atoms with Crippen molar-refractivity contribution < 1.29 is 19.4 Å². The number of aromatic carboxylic acids is 1. The normalized spacial score (nSPS) is 15.1. The average molecular weight is 715 g/mol. The number of amidine groups is 1. The van der Waals surface area contributed by atoms with Gasteiger partial charge in [0.05, 0.1) is 26.3 Å². The zero-order valence-electron chi connectivity index (χ0n) is 21.3. The van der Waals surface area contributed by atoms with Crippen molar-refractivity contribution in [3.05, 3.63) is 132 Å². The van der Waals surface area contributed by atoms with Gasteiger partial charge in [0.1, 0.15) is 12.4 Å². The van der Waals surface area contributed by atoms with Gasteiger partial charge in [-0.2, -0.15) is 0 Å². The minimum atomic E-state index is -0.999. The van der Waals surface area contributed by atoms with Crippen molar-refractivity contribution in [3.8, 4) is 5.75 Å². The highest BCUT2D eigenvalue weighted by Crippen LogP contribution is 2.36. The Kier molecular flexibility index (Phi) is 9.34. The van der Waals surface area contributed by atoms with E-state index in [0.29, 0.717) is 32.5 Å². The number of aliphatic imine (C=N–C) groups is 1. The molecule has 6 nitrogen and oxygen atoms in total. The highest BCUT2D eigenvalue weighted by atomic mass is 127. The number of nitrogens with zero attached hydrogens (tertiary/aromatic N) is 2. The van der Waals surface area contributed by atoms with E-state index in [4.69, 9.17) is 32.9 Å². The molecule has 4 aromatic carbocycles. The number of carbonyl (C=O) groups excluding carboxylic acids is 1. The summed E-state index contributed by atoms with van der Waals surface area (Å²) in [6.45, 7) is 0.550. The van der Waals surface area contributed by atoms with Crippen LogP contribution in [0.15, 0.2) is 101 Å². The Morgan fingerprint density at radius 2 is 1.76 bits per heavy atom. The third-order valence-corrected chi connectivity index (χ3v) is 8.50. The fraction of sp³-hybridized carbons (Fsp3) is 0.0645. The average Bonchev–Trinajstić information content (AvgIpc) is 3.23. The molecule has 1 aliphatic heterocycles. The maximum atomic E-state index is 13.6. The highest BCUT2D eigenvalue weighted by molar-refractivity contribution is 14.1. The molecule has 10 heteroatoms. The Hall–Kier alpha value is -3.31. The zero-order valence-corrected chi connectivity index (χ0v) is 25.7. The van der Waals surface area contributed by atoms with Crippen molar-refractivity contribution in [2.24, 2.45) is 4.99 Å². The number of halogens is 3. The Morgan fingerprint density at radius 3 is 2.44 bits per heavy atom. The first-order valence-electron chi connectivity index (χ1n) is 12.3. The number of benzene rings is 4. The second-order valence-corrected chi connectivity index (χ2v) is 12.0. The molecule has 5 rings (SSSR count). The maximum Gasteiger partial charge on any atom is 0.335 e. The molecule has 1 saturated heterocycles. The number of thioether (sulfide) groups is 1. The molecular weight excluding hydrogens is 694 g/mol. The molecule has 0 saturated carbocycles.